The van der Waals surface area contributed by atoms with E-state index in [1.807, 2.05) is 54.6 Å². The molecule has 0 heterocycles. The van der Waals surface area contributed by atoms with Gasteiger partial charge in [-0.2, -0.15) is 0 Å². The van der Waals surface area contributed by atoms with Gasteiger partial charge in [0.1, 0.15) is 5.75 Å². The zero-order valence-electron chi connectivity index (χ0n) is 11.9. The van der Waals surface area contributed by atoms with Gasteiger partial charge in [0.15, 0.2) is 6.61 Å². The molecule has 0 aliphatic carbocycles. The summed E-state index contributed by atoms with van der Waals surface area (Å²) in [5.74, 6) is 0.551. The molecule has 0 spiro atoms. The van der Waals surface area contributed by atoms with E-state index >= 15 is 0 Å². The lowest BCUT2D eigenvalue weighted by molar-refractivity contribution is -0.123. The lowest BCUT2D eigenvalue weighted by atomic mass is 10.1. The number of carbonyl (C=O) groups excluding carboxylic acids is 1. The van der Waals surface area contributed by atoms with Gasteiger partial charge in [-0.1, -0.05) is 42.5 Å². The van der Waals surface area contributed by atoms with Gasteiger partial charge in [0.05, 0.1) is 0 Å². The average molecular weight is 284 g/mol. The van der Waals surface area contributed by atoms with Crippen LogP contribution in [0.5, 0.6) is 5.75 Å². The van der Waals surface area contributed by atoms with E-state index in [-0.39, 0.29) is 12.5 Å². The van der Waals surface area contributed by atoms with Crippen LogP contribution in [0.3, 0.4) is 0 Å². The predicted molar refractivity (Wildman–Crippen MR) is 83.0 cm³/mol. The van der Waals surface area contributed by atoms with Crippen molar-refractivity contribution in [2.24, 2.45) is 5.73 Å². The van der Waals surface area contributed by atoms with Gasteiger partial charge in [-0.15, -0.1) is 0 Å². The molecule has 0 radical (unpaired) electrons. The number of benzene rings is 2. The van der Waals surface area contributed by atoms with Crippen LogP contribution in [0.2, 0.25) is 0 Å². The van der Waals surface area contributed by atoms with Crippen LogP contribution < -0.4 is 15.8 Å². The van der Waals surface area contributed by atoms with E-state index in [2.05, 4.69) is 5.32 Å². The standard InChI is InChI=1S/C17H20N2O2/c18-11-10-14-6-8-16(9-7-14)21-13-17(20)19-12-15-4-2-1-3-5-15/h1-9H,10-13,18H2,(H,19,20). The van der Waals surface area contributed by atoms with Crippen molar-refractivity contribution in [3.8, 4) is 5.75 Å². The van der Waals surface area contributed by atoms with Gasteiger partial charge in [0, 0.05) is 6.54 Å². The molecule has 0 unspecified atom stereocenters. The van der Waals surface area contributed by atoms with Crippen LogP contribution in [0.1, 0.15) is 11.1 Å². The first-order valence-electron chi connectivity index (χ1n) is 7.00. The van der Waals surface area contributed by atoms with E-state index in [1.165, 1.54) is 5.56 Å². The highest BCUT2D eigenvalue weighted by molar-refractivity contribution is 5.77. The van der Waals surface area contributed by atoms with E-state index in [0.29, 0.717) is 18.8 Å². The minimum absolute atomic E-state index is 0.0169. The van der Waals surface area contributed by atoms with Gasteiger partial charge in [-0.05, 0) is 36.2 Å². The summed E-state index contributed by atoms with van der Waals surface area (Å²) in [5, 5.41) is 2.82. The number of hydrogen-bond donors (Lipinski definition) is 2. The molecule has 0 bridgehead atoms. The third-order valence-corrected chi connectivity index (χ3v) is 3.06. The fourth-order valence-corrected chi connectivity index (χ4v) is 1.92. The van der Waals surface area contributed by atoms with Crippen molar-refractivity contribution in [2.45, 2.75) is 13.0 Å². The Hall–Kier alpha value is -2.33. The smallest absolute Gasteiger partial charge is 0.258 e. The zero-order chi connectivity index (χ0) is 14.9. The molecule has 2 aromatic rings. The molecule has 110 valence electrons. The highest BCUT2D eigenvalue weighted by atomic mass is 16.5. The van der Waals surface area contributed by atoms with Crippen molar-refractivity contribution < 1.29 is 9.53 Å². The summed E-state index contributed by atoms with van der Waals surface area (Å²) < 4.78 is 5.45. The minimum atomic E-state index is -0.134. The van der Waals surface area contributed by atoms with Crippen LogP contribution in [-0.4, -0.2) is 19.1 Å². The highest BCUT2D eigenvalue weighted by Crippen LogP contribution is 2.12. The number of hydrogen-bond acceptors (Lipinski definition) is 3. The van der Waals surface area contributed by atoms with Crippen molar-refractivity contribution in [1.29, 1.82) is 0 Å². The van der Waals surface area contributed by atoms with E-state index in [4.69, 9.17) is 10.5 Å². The normalized spacial score (nSPS) is 10.1. The summed E-state index contributed by atoms with van der Waals surface area (Å²) in [6.07, 6.45) is 0.845. The summed E-state index contributed by atoms with van der Waals surface area (Å²) in [6, 6.07) is 17.4. The second kappa shape index (κ2) is 8.07. The molecule has 0 aromatic heterocycles. The molecular formula is C17H20N2O2. The molecule has 1 amide bonds. The summed E-state index contributed by atoms with van der Waals surface area (Å²) in [5.41, 5.74) is 7.73. The minimum Gasteiger partial charge on any atom is -0.484 e. The fraction of sp³-hybridized carbons (Fsp3) is 0.235. The first-order chi connectivity index (χ1) is 10.3. The number of rotatable bonds is 7. The largest absolute Gasteiger partial charge is 0.484 e. The van der Waals surface area contributed by atoms with E-state index in [1.54, 1.807) is 0 Å². The second-order valence-electron chi connectivity index (χ2n) is 4.73. The van der Waals surface area contributed by atoms with Crippen LogP contribution in [0.15, 0.2) is 54.6 Å². The van der Waals surface area contributed by atoms with Gasteiger partial charge in [0.25, 0.3) is 5.91 Å². The van der Waals surface area contributed by atoms with Crippen molar-refractivity contribution >= 4 is 5.91 Å². The lowest BCUT2D eigenvalue weighted by Gasteiger charge is -2.08. The Bertz CT molecular complexity index is 553. The first kappa shape index (κ1) is 15.1. The molecule has 0 atom stereocenters. The predicted octanol–water partition coefficient (Wildman–Crippen LogP) is 1.88. The van der Waals surface area contributed by atoms with E-state index in [9.17, 15) is 4.79 Å². The Morgan fingerprint density at radius 1 is 1.00 bits per heavy atom. The van der Waals surface area contributed by atoms with Crippen LogP contribution in [-0.2, 0) is 17.8 Å². The van der Waals surface area contributed by atoms with Crippen molar-refractivity contribution in [2.75, 3.05) is 13.2 Å². The summed E-state index contributed by atoms with van der Waals surface area (Å²) in [6.45, 7) is 1.16. The maximum atomic E-state index is 11.7. The van der Waals surface area contributed by atoms with Gasteiger partial charge in [-0.25, -0.2) is 0 Å². The Kier molecular flexibility index (Phi) is 5.79. The van der Waals surface area contributed by atoms with Crippen LogP contribution >= 0.6 is 0 Å². The Balaban J connectivity index is 1.73. The van der Waals surface area contributed by atoms with Crippen LogP contribution in [0, 0.1) is 0 Å². The Labute approximate surface area is 124 Å². The molecule has 4 nitrogen and oxygen atoms in total. The molecule has 3 N–H and O–H groups in total. The van der Waals surface area contributed by atoms with Crippen molar-refractivity contribution in [3.63, 3.8) is 0 Å². The summed E-state index contributed by atoms with van der Waals surface area (Å²) >= 11 is 0. The Morgan fingerprint density at radius 3 is 2.38 bits per heavy atom. The third-order valence-electron chi connectivity index (χ3n) is 3.06. The lowest BCUT2D eigenvalue weighted by Crippen LogP contribution is -2.28. The number of nitrogens with one attached hydrogen (secondary N) is 1. The fourth-order valence-electron chi connectivity index (χ4n) is 1.92. The van der Waals surface area contributed by atoms with Gasteiger partial charge < -0.3 is 15.8 Å². The van der Waals surface area contributed by atoms with Gasteiger partial charge in [-0.3, -0.25) is 4.79 Å². The molecule has 0 fully saturated rings. The van der Waals surface area contributed by atoms with Gasteiger partial charge in [0.2, 0.25) is 0 Å². The molecule has 21 heavy (non-hydrogen) atoms. The molecule has 0 saturated heterocycles. The number of amides is 1. The monoisotopic (exact) mass is 284 g/mol. The number of carbonyl (C=O) groups is 1. The second-order valence-corrected chi connectivity index (χ2v) is 4.73. The van der Waals surface area contributed by atoms with E-state index < -0.39 is 0 Å². The molecule has 4 heteroatoms. The summed E-state index contributed by atoms with van der Waals surface area (Å²) in [4.78, 5) is 11.7. The highest BCUT2D eigenvalue weighted by Gasteiger charge is 2.03. The van der Waals surface area contributed by atoms with E-state index in [0.717, 1.165) is 12.0 Å². The SMILES string of the molecule is NCCc1ccc(OCC(=O)NCc2ccccc2)cc1. The molecule has 2 aromatic carbocycles. The quantitative estimate of drug-likeness (QED) is 0.816. The molecule has 0 aliphatic heterocycles. The van der Waals surface area contributed by atoms with Crippen molar-refractivity contribution in [1.82, 2.24) is 5.32 Å². The maximum absolute atomic E-state index is 11.7. The summed E-state index contributed by atoms with van der Waals surface area (Å²) in [7, 11) is 0. The first-order valence-corrected chi connectivity index (χ1v) is 7.00. The Morgan fingerprint density at radius 2 is 1.71 bits per heavy atom. The van der Waals surface area contributed by atoms with Crippen LogP contribution in [0.4, 0.5) is 0 Å². The molecule has 0 aliphatic rings. The zero-order valence-corrected chi connectivity index (χ0v) is 11.9. The van der Waals surface area contributed by atoms with Crippen molar-refractivity contribution in [3.05, 3.63) is 65.7 Å². The topological polar surface area (TPSA) is 64.3 Å². The average Bonchev–Trinajstić information content (AvgIpc) is 2.53. The molecule has 0 saturated carbocycles. The third kappa shape index (κ3) is 5.28. The number of ether oxygens (including phenoxy) is 1. The molecule has 2 rings (SSSR count). The molecular weight excluding hydrogens is 264 g/mol. The van der Waals surface area contributed by atoms with Crippen LogP contribution in [0.25, 0.3) is 0 Å². The van der Waals surface area contributed by atoms with Gasteiger partial charge >= 0.3 is 0 Å². The maximum Gasteiger partial charge on any atom is 0.258 e. The number of nitrogens with two attached hydrogens (primary N) is 1.